The van der Waals surface area contributed by atoms with Gasteiger partial charge in [0.25, 0.3) is 5.91 Å². The molecule has 2 aromatic heterocycles. The zero-order valence-electron chi connectivity index (χ0n) is 16.3. The van der Waals surface area contributed by atoms with Crippen molar-refractivity contribution in [3.8, 4) is 16.4 Å². The molecule has 5 nitrogen and oxygen atoms in total. The first-order valence-corrected chi connectivity index (χ1v) is 11.5. The fraction of sp³-hybridized carbons (Fsp3) is 0.174. The third-order valence-electron chi connectivity index (χ3n) is 4.75. The second-order valence-electron chi connectivity index (χ2n) is 6.82. The van der Waals surface area contributed by atoms with E-state index < -0.39 is 0 Å². The Hall–Kier alpha value is -3.03. The molecule has 0 bridgehead atoms. The maximum absolute atomic E-state index is 12.6. The number of thiazole rings is 2. The number of rotatable bonds is 8. The Balaban J connectivity index is 1.39. The monoisotopic (exact) mass is 435 g/mol. The standard InChI is InChI=1S/C23H21N3O2S2/c27-21(24-12-5-4-9-17-7-2-1-3-8-17)19-11-6-10-18(15-19)20-16-30-23(28)26(20)22-25-13-14-29-22/h1-3,6-8,10-11,13-16H,4-5,9,12H2,(H,24,27). The number of nitrogens with one attached hydrogen (secondary N) is 1. The van der Waals surface area contributed by atoms with Crippen molar-refractivity contribution in [3.05, 3.63) is 92.3 Å². The van der Waals surface area contributed by atoms with Gasteiger partial charge in [-0.25, -0.2) is 9.55 Å². The molecule has 7 heteroatoms. The molecular weight excluding hydrogens is 414 g/mol. The first-order valence-electron chi connectivity index (χ1n) is 9.75. The van der Waals surface area contributed by atoms with E-state index in [0.29, 0.717) is 17.2 Å². The van der Waals surface area contributed by atoms with E-state index >= 15 is 0 Å². The fourth-order valence-corrected chi connectivity index (χ4v) is 4.69. The van der Waals surface area contributed by atoms with Crippen LogP contribution in [0.4, 0.5) is 0 Å². The number of benzene rings is 2. The number of carbonyl (C=O) groups excluding carboxylic acids is 1. The zero-order valence-corrected chi connectivity index (χ0v) is 17.9. The lowest BCUT2D eigenvalue weighted by molar-refractivity contribution is 0.0953. The van der Waals surface area contributed by atoms with E-state index in [0.717, 1.165) is 41.9 Å². The van der Waals surface area contributed by atoms with E-state index in [-0.39, 0.29) is 10.8 Å². The van der Waals surface area contributed by atoms with Crippen LogP contribution in [0.1, 0.15) is 28.8 Å². The summed E-state index contributed by atoms with van der Waals surface area (Å²) in [6.45, 7) is 0.637. The van der Waals surface area contributed by atoms with Crippen LogP contribution >= 0.6 is 22.7 Å². The van der Waals surface area contributed by atoms with E-state index in [1.54, 1.807) is 16.8 Å². The lowest BCUT2D eigenvalue weighted by Gasteiger charge is -2.08. The minimum Gasteiger partial charge on any atom is -0.352 e. The number of amides is 1. The lowest BCUT2D eigenvalue weighted by atomic mass is 10.1. The third-order valence-corrected chi connectivity index (χ3v) is 6.23. The highest BCUT2D eigenvalue weighted by molar-refractivity contribution is 7.12. The molecule has 0 saturated carbocycles. The van der Waals surface area contributed by atoms with Crippen molar-refractivity contribution in [3.63, 3.8) is 0 Å². The zero-order chi connectivity index (χ0) is 20.8. The number of aryl methyl sites for hydroxylation is 1. The Morgan fingerprint density at radius 1 is 1.03 bits per heavy atom. The number of unbranched alkanes of at least 4 members (excludes halogenated alkanes) is 1. The quantitative estimate of drug-likeness (QED) is 0.405. The van der Waals surface area contributed by atoms with Gasteiger partial charge in [0, 0.05) is 34.6 Å². The Morgan fingerprint density at radius 3 is 2.70 bits per heavy atom. The highest BCUT2D eigenvalue weighted by Gasteiger charge is 2.14. The van der Waals surface area contributed by atoms with Gasteiger partial charge in [-0.1, -0.05) is 53.8 Å². The van der Waals surface area contributed by atoms with Crippen molar-refractivity contribution in [1.29, 1.82) is 0 Å². The summed E-state index contributed by atoms with van der Waals surface area (Å²) in [7, 11) is 0. The van der Waals surface area contributed by atoms with Crippen LogP contribution in [0.15, 0.2) is 76.3 Å². The molecule has 0 fully saturated rings. The van der Waals surface area contributed by atoms with Gasteiger partial charge >= 0.3 is 4.87 Å². The maximum Gasteiger partial charge on any atom is 0.313 e. The summed E-state index contributed by atoms with van der Waals surface area (Å²) in [4.78, 5) is 29.1. The van der Waals surface area contributed by atoms with Gasteiger partial charge in [-0.05, 0) is 37.0 Å². The van der Waals surface area contributed by atoms with Crippen LogP contribution < -0.4 is 10.2 Å². The Morgan fingerprint density at radius 2 is 1.90 bits per heavy atom. The predicted molar refractivity (Wildman–Crippen MR) is 123 cm³/mol. The number of aromatic nitrogens is 2. The second-order valence-corrected chi connectivity index (χ2v) is 8.51. The average molecular weight is 436 g/mol. The molecule has 0 aliphatic rings. The third kappa shape index (κ3) is 4.75. The number of hydrogen-bond acceptors (Lipinski definition) is 5. The van der Waals surface area contributed by atoms with Crippen LogP contribution in [0.3, 0.4) is 0 Å². The van der Waals surface area contributed by atoms with E-state index in [9.17, 15) is 9.59 Å². The Kier molecular flexibility index (Phi) is 6.51. The number of nitrogens with zero attached hydrogens (tertiary/aromatic N) is 2. The van der Waals surface area contributed by atoms with Crippen LogP contribution in [0.2, 0.25) is 0 Å². The maximum atomic E-state index is 12.6. The number of hydrogen-bond donors (Lipinski definition) is 1. The van der Waals surface area contributed by atoms with E-state index in [1.807, 2.05) is 47.2 Å². The predicted octanol–water partition coefficient (Wildman–Crippen LogP) is 4.78. The SMILES string of the molecule is O=C(NCCCCc1ccccc1)c1cccc(-c2csc(=O)n2-c2nccs2)c1. The molecule has 0 spiro atoms. The molecule has 1 amide bonds. The van der Waals surface area contributed by atoms with E-state index in [1.165, 1.54) is 16.9 Å². The summed E-state index contributed by atoms with van der Waals surface area (Å²) in [5, 5.41) is 7.27. The highest BCUT2D eigenvalue weighted by Crippen LogP contribution is 2.25. The first kappa shape index (κ1) is 20.3. The molecule has 4 rings (SSSR count). The van der Waals surface area contributed by atoms with Gasteiger partial charge in [0.05, 0.1) is 5.69 Å². The normalized spacial score (nSPS) is 10.8. The number of carbonyl (C=O) groups is 1. The smallest absolute Gasteiger partial charge is 0.313 e. The minimum absolute atomic E-state index is 0.0896. The van der Waals surface area contributed by atoms with Gasteiger partial charge in [0.2, 0.25) is 0 Å². The van der Waals surface area contributed by atoms with Crippen LogP contribution in [0, 0.1) is 0 Å². The molecular formula is C23H21N3O2S2. The highest BCUT2D eigenvalue weighted by atomic mass is 32.1. The summed E-state index contributed by atoms with van der Waals surface area (Å²) in [5.41, 5.74) is 3.47. The summed E-state index contributed by atoms with van der Waals surface area (Å²) in [6.07, 6.45) is 4.64. The van der Waals surface area contributed by atoms with Crippen LogP contribution in [-0.4, -0.2) is 22.0 Å². The summed E-state index contributed by atoms with van der Waals surface area (Å²) in [5.74, 6) is -0.102. The summed E-state index contributed by atoms with van der Waals surface area (Å²) in [6, 6.07) is 17.7. The van der Waals surface area contributed by atoms with E-state index in [2.05, 4.69) is 22.4 Å². The van der Waals surface area contributed by atoms with Crippen LogP contribution in [-0.2, 0) is 6.42 Å². The largest absolute Gasteiger partial charge is 0.352 e. The molecule has 4 aromatic rings. The Labute approximate surface area is 182 Å². The van der Waals surface area contributed by atoms with Crippen molar-refractivity contribution in [2.24, 2.45) is 0 Å². The Bertz CT molecular complexity index is 1160. The molecule has 152 valence electrons. The fourth-order valence-electron chi connectivity index (χ4n) is 3.24. The van der Waals surface area contributed by atoms with Gasteiger partial charge < -0.3 is 5.32 Å². The molecule has 2 heterocycles. The van der Waals surface area contributed by atoms with Gasteiger partial charge in [-0.2, -0.15) is 0 Å². The van der Waals surface area contributed by atoms with Crippen LogP contribution in [0.25, 0.3) is 16.4 Å². The van der Waals surface area contributed by atoms with E-state index in [4.69, 9.17) is 0 Å². The molecule has 0 aliphatic heterocycles. The van der Waals surface area contributed by atoms with Gasteiger partial charge in [-0.15, -0.1) is 11.3 Å². The topological polar surface area (TPSA) is 64.0 Å². The molecule has 0 radical (unpaired) electrons. The van der Waals surface area contributed by atoms with Crippen molar-refractivity contribution in [2.75, 3.05) is 6.54 Å². The van der Waals surface area contributed by atoms with Crippen molar-refractivity contribution >= 4 is 28.6 Å². The minimum atomic E-state index is -0.102. The molecule has 2 aromatic carbocycles. The summed E-state index contributed by atoms with van der Waals surface area (Å²) < 4.78 is 1.59. The lowest BCUT2D eigenvalue weighted by Crippen LogP contribution is -2.24. The van der Waals surface area contributed by atoms with Crippen molar-refractivity contribution < 1.29 is 4.79 Å². The first-order chi connectivity index (χ1) is 14.7. The van der Waals surface area contributed by atoms with Gasteiger partial charge in [0.15, 0.2) is 5.13 Å². The molecule has 0 unspecified atom stereocenters. The van der Waals surface area contributed by atoms with Gasteiger partial charge in [0.1, 0.15) is 0 Å². The molecule has 1 N–H and O–H groups in total. The summed E-state index contributed by atoms with van der Waals surface area (Å²) >= 11 is 2.54. The molecule has 0 aliphatic carbocycles. The van der Waals surface area contributed by atoms with Crippen molar-refractivity contribution in [2.45, 2.75) is 19.3 Å². The van der Waals surface area contributed by atoms with Crippen molar-refractivity contribution in [1.82, 2.24) is 14.9 Å². The second kappa shape index (κ2) is 9.65. The molecule has 0 saturated heterocycles. The molecule has 30 heavy (non-hydrogen) atoms. The molecule has 0 atom stereocenters. The average Bonchev–Trinajstić information content (AvgIpc) is 3.43. The van der Waals surface area contributed by atoms with Crippen LogP contribution in [0.5, 0.6) is 0 Å². The van der Waals surface area contributed by atoms with Gasteiger partial charge in [-0.3, -0.25) is 9.59 Å².